The van der Waals surface area contributed by atoms with Crippen LogP contribution >= 0.6 is 11.5 Å². The number of benzene rings is 2. The zero-order valence-corrected chi connectivity index (χ0v) is 19.1. The summed E-state index contributed by atoms with van der Waals surface area (Å²) < 4.78 is 100. The molecule has 2 heterocycles. The Hall–Kier alpha value is -2.64. The number of rotatable bonds is 6. The Labute approximate surface area is 196 Å². The maximum absolute atomic E-state index is 14.9. The van der Waals surface area contributed by atoms with E-state index in [2.05, 4.69) is 9.36 Å². The van der Waals surface area contributed by atoms with E-state index in [1.165, 1.54) is 0 Å². The van der Waals surface area contributed by atoms with Gasteiger partial charge in [-0.3, -0.25) is 9.62 Å². The van der Waals surface area contributed by atoms with E-state index in [4.69, 9.17) is 0 Å². The molecule has 4 rings (SSSR count). The maximum Gasteiger partial charge on any atom is 0.391 e. The summed E-state index contributed by atoms with van der Waals surface area (Å²) >= 11 is 0.727. The van der Waals surface area contributed by atoms with E-state index in [1.807, 2.05) is 4.72 Å². The molecule has 1 N–H and O–H groups in total. The maximum atomic E-state index is 14.9. The lowest BCUT2D eigenvalue weighted by molar-refractivity contribution is -0.190. The predicted molar refractivity (Wildman–Crippen MR) is 115 cm³/mol. The molecular weight excluding hydrogens is 499 g/mol. The molecule has 0 aliphatic carbocycles. The van der Waals surface area contributed by atoms with Crippen molar-refractivity contribution >= 4 is 26.7 Å². The third-order valence-corrected chi connectivity index (χ3v) is 7.77. The first-order chi connectivity index (χ1) is 16.0. The normalized spacial score (nSPS) is 19.8. The van der Waals surface area contributed by atoms with Gasteiger partial charge in [0.1, 0.15) is 22.9 Å². The van der Waals surface area contributed by atoms with Gasteiger partial charge < -0.3 is 0 Å². The molecule has 182 valence electrons. The highest BCUT2D eigenvalue weighted by Gasteiger charge is 2.44. The second-order valence-corrected chi connectivity index (χ2v) is 10.3. The fourth-order valence-corrected chi connectivity index (χ4v) is 5.76. The molecule has 1 aliphatic rings. The summed E-state index contributed by atoms with van der Waals surface area (Å²) in [6.45, 7) is -0.166. The quantitative estimate of drug-likeness (QED) is 0.458. The number of alkyl halides is 3. The van der Waals surface area contributed by atoms with Crippen LogP contribution in [0, 0.1) is 17.6 Å². The molecule has 1 saturated heterocycles. The van der Waals surface area contributed by atoms with Crippen LogP contribution in [0.15, 0.2) is 53.7 Å². The lowest BCUT2D eigenvalue weighted by Crippen LogP contribution is -2.41. The van der Waals surface area contributed by atoms with Crippen molar-refractivity contribution in [2.75, 3.05) is 11.3 Å². The van der Waals surface area contributed by atoms with Gasteiger partial charge in [-0.15, -0.1) is 0 Å². The topological polar surface area (TPSA) is 75.2 Å². The van der Waals surface area contributed by atoms with Crippen LogP contribution in [0.3, 0.4) is 0 Å². The van der Waals surface area contributed by atoms with E-state index >= 15 is 0 Å². The third-order valence-electron chi connectivity index (χ3n) is 5.71. The minimum atomic E-state index is -4.46. The van der Waals surface area contributed by atoms with Crippen LogP contribution in [0.1, 0.15) is 30.0 Å². The highest BCUT2D eigenvalue weighted by molar-refractivity contribution is 7.93. The van der Waals surface area contributed by atoms with Crippen LogP contribution in [0.4, 0.5) is 27.1 Å². The lowest BCUT2D eigenvalue weighted by Gasteiger charge is -2.40. The van der Waals surface area contributed by atoms with Gasteiger partial charge in [-0.25, -0.2) is 22.2 Å². The van der Waals surface area contributed by atoms with E-state index in [0.717, 1.165) is 23.9 Å². The zero-order valence-electron chi connectivity index (χ0n) is 17.5. The number of piperidine rings is 1. The van der Waals surface area contributed by atoms with Crippen LogP contribution in [0.25, 0.3) is 0 Å². The first kappa shape index (κ1) is 24.5. The number of anilines is 1. The van der Waals surface area contributed by atoms with Crippen LogP contribution in [0.5, 0.6) is 0 Å². The third kappa shape index (κ3) is 5.36. The molecule has 0 bridgehead atoms. The van der Waals surface area contributed by atoms with E-state index in [1.54, 1.807) is 35.2 Å². The number of nitrogens with zero attached hydrogens (tertiary/aromatic N) is 3. The van der Waals surface area contributed by atoms with Crippen molar-refractivity contribution in [2.45, 2.75) is 36.5 Å². The van der Waals surface area contributed by atoms with Crippen LogP contribution in [-0.2, 0) is 16.6 Å². The molecule has 0 amide bonds. The van der Waals surface area contributed by atoms with Crippen molar-refractivity contribution < 1.29 is 30.4 Å². The average molecular weight is 519 g/mol. The van der Waals surface area contributed by atoms with E-state index in [-0.39, 0.29) is 36.6 Å². The van der Waals surface area contributed by atoms with E-state index in [0.29, 0.717) is 11.6 Å². The summed E-state index contributed by atoms with van der Waals surface area (Å²) in [5.74, 6) is -3.67. The number of hydrogen-bond acceptors (Lipinski definition) is 6. The number of nitrogens with one attached hydrogen (secondary N) is 1. The summed E-state index contributed by atoms with van der Waals surface area (Å²) in [4.78, 5) is 4.40. The van der Waals surface area contributed by atoms with Crippen LogP contribution < -0.4 is 4.72 Å². The Morgan fingerprint density at radius 2 is 1.85 bits per heavy atom. The number of sulfonamides is 1. The fraction of sp³-hybridized carbons (Fsp3) is 0.333. The molecule has 3 aromatic rings. The lowest BCUT2D eigenvalue weighted by atomic mass is 9.86. The van der Waals surface area contributed by atoms with Crippen LogP contribution in [-0.4, -0.2) is 35.4 Å². The molecule has 34 heavy (non-hydrogen) atoms. The summed E-state index contributed by atoms with van der Waals surface area (Å²) in [6, 6.07) is 9.21. The Morgan fingerprint density at radius 1 is 1.12 bits per heavy atom. The van der Waals surface area contributed by atoms with Crippen molar-refractivity contribution in [2.24, 2.45) is 5.92 Å². The van der Waals surface area contributed by atoms with Gasteiger partial charge in [-0.2, -0.15) is 17.5 Å². The van der Waals surface area contributed by atoms with Gasteiger partial charge in [0.2, 0.25) is 5.13 Å². The smallest absolute Gasteiger partial charge is 0.292 e. The molecule has 6 nitrogen and oxygen atoms in total. The highest BCUT2D eigenvalue weighted by Crippen LogP contribution is 2.42. The second-order valence-electron chi connectivity index (χ2n) is 7.89. The first-order valence-electron chi connectivity index (χ1n) is 10.2. The van der Waals surface area contributed by atoms with Crippen molar-refractivity contribution in [1.29, 1.82) is 0 Å². The van der Waals surface area contributed by atoms with Gasteiger partial charge in [0, 0.05) is 29.7 Å². The molecule has 1 aliphatic heterocycles. The van der Waals surface area contributed by atoms with E-state index in [9.17, 15) is 30.4 Å². The Kier molecular flexibility index (Phi) is 6.87. The molecule has 0 saturated carbocycles. The van der Waals surface area contributed by atoms with Crippen molar-refractivity contribution in [1.82, 2.24) is 14.3 Å². The highest BCUT2D eigenvalue weighted by atomic mass is 32.2. The van der Waals surface area contributed by atoms with Gasteiger partial charge in [-0.05, 0) is 37.1 Å². The molecule has 13 heteroatoms. The predicted octanol–water partition coefficient (Wildman–Crippen LogP) is 5.13. The molecule has 2 atom stereocenters. The average Bonchev–Trinajstić information content (AvgIpc) is 3.28. The van der Waals surface area contributed by atoms with Gasteiger partial charge >= 0.3 is 6.18 Å². The van der Waals surface area contributed by atoms with Crippen molar-refractivity contribution in [3.8, 4) is 0 Å². The minimum Gasteiger partial charge on any atom is -0.292 e. The molecule has 1 fully saturated rings. The summed E-state index contributed by atoms with van der Waals surface area (Å²) in [5.41, 5.74) is 0.483. The number of halogens is 5. The molecular formula is C21H19F5N4O2S2. The molecule has 0 radical (unpaired) electrons. The fourth-order valence-electron chi connectivity index (χ4n) is 4.03. The number of hydrogen-bond donors (Lipinski definition) is 1. The Bertz CT molecular complexity index is 1240. The number of likely N-dealkylation sites (tertiary alicyclic amines) is 1. The SMILES string of the molecule is O=S(=O)(Nc1ncns1)c1cc(F)c(CN2CC[C@@H](C(F)(F)F)C[C@H]2c2ccccc2)cc1F. The molecule has 2 aromatic carbocycles. The molecule has 0 spiro atoms. The van der Waals surface area contributed by atoms with Gasteiger partial charge in [0.15, 0.2) is 0 Å². The monoisotopic (exact) mass is 518 g/mol. The molecule has 0 unspecified atom stereocenters. The Balaban J connectivity index is 1.60. The van der Waals surface area contributed by atoms with Crippen LogP contribution in [0.2, 0.25) is 0 Å². The standard InChI is InChI=1S/C21H19F5N4O2S2/c22-16-10-19(34(31,32)29-20-27-12-28-33-20)17(23)8-14(16)11-30-7-6-15(21(24,25)26)9-18(30)13-4-2-1-3-5-13/h1-5,8,10,12,15,18H,6-7,9,11H2,(H,27,28,29)/t15-,18+/m1/s1. The van der Waals surface area contributed by atoms with E-state index < -0.39 is 44.7 Å². The molecule has 1 aromatic heterocycles. The van der Waals surface area contributed by atoms with Gasteiger partial charge in [0.05, 0.1) is 5.92 Å². The van der Waals surface area contributed by atoms with Crippen molar-refractivity contribution in [3.63, 3.8) is 0 Å². The first-order valence-corrected chi connectivity index (χ1v) is 12.4. The number of aromatic nitrogens is 2. The largest absolute Gasteiger partial charge is 0.391 e. The summed E-state index contributed by atoms with van der Waals surface area (Å²) in [7, 11) is -4.46. The zero-order chi connectivity index (χ0) is 24.5. The minimum absolute atomic E-state index is 0.0173. The second kappa shape index (κ2) is 9.55. The van der Waals surface area contributed by atoms with Gasteiger partial charge in [-0.1, -0.05) is 30.3 Å². The van der Waals surface area contributed by atoms with Crippen molar-refractivity contribution in [3.05, 3.63) is 71.6 Å². The summed E-state index contributed by atoms with van der Waals surface area (Å²) in [5, 5.41) is -0.109. The van der Waals surface area contributed by atoms with Gasteiger partial charge in [0.25, 0.3) is 10.0 Å². The Morgan fingerprint density at radius 3 is 2.50 bits per heavy atom. The summed E-state index contributed by atoms with van der Waals surface area (Å²) in [6.07, 6.45) is -3.63.